The van der Waals surface area contributed by atoms with E-state index >= 15 is 0 Å². The Morgan fingerprint density at radius 2 is 1.84 bits per heavy atom. The molecule has 1 N–H and O–H groups in total. The van der Waals surface area contributed by atoms with Crippen molar-refractivity contribution in [3.05, 3.63) is 65.5 Å². The summed E-state index contributed by atoms with van der Waals surface area (Å²) >= 11 is 0. The second-order valence-electron chi connectivity index (χ2n) is 5.08. The average molecular weight is 345 g/mol. The SMILES string of the molecule is COC(=O)C(Cc1cc(O)cc(F)c1)=NC(=O)OCc1ccccc1. The number of aliphatic imine (C=N–C) groups is 1. The van der Waals surface area contributed by atoms with Gasteiger partial charge in [0.05, 0.1) is 7.11 Å². The smallest absolute Gasteiger partial charge is 0.434 e. The molecule has 6 nitrogen and oxygen atoms in total. The van der Waals surface area contributed by atoms with Crippen molar-refractivity contribution in [1.82, 2.24) is 0 Å². The fraction of sp³-hybridized carbons (Fsp3) is 0.167. The van der Waals surface area contributed by atoms with Crippen molar-refractivity contribution in [3.63, 3.8) is 0 Å². The second-order valence-corrected chi connectivity index (χ2v) is 5.08. The molecule has 0 bridgehead atoms. The first-order chi connectivity index (χ1) is 12.0. The number of rotatable bonds is 5. The van der Waals surface area contributed by atoms with Crippen molar-refractivity contribution >= 4 is 17.8 Å². The molecule has 0 aliphatic rings. The lowest BCUT2D eigenvalue weighted by Crippen LogP contribution is -2.20. The molecule has 0 heterocycles. The highest BCUT2D eigenvalue weighted by Gasteiger charge is 2.16. The summed E-state index contributed by atoms with van der Waals surface area (Å²) in [5, 5.41) is 9.41. The minimum Gasteiger partial charge on any atom is -0.508 e. The summed E-state index contributed by atoms with van der Waals surface area (Å²) in [5.41, 5.74) is 0.767. The zero-order valence-electron chi connectivity index (χ0n) is 13.4. The highest BCUT2D eigenvalue weighted by atomic mass is 19.1. The summed E-state index contributed by atoms with van der Waals surface area (Å²) in [6, 6.07) is 12.3. The lowest BCUT2D eigenvalue weighted by atomic mass is 10.1. The number of phenols is 1. The van der Waals surface area contributed by atoms with Crippen LogP contribution in [0.1, 0.15) is 11.1 Å². The summed E-state index contributed by atoms with van der Waals surface area (Å²) in [7, 11) is 1.14. The van der Waals surface area contributed by atoms with Crippen molar-refractivity contribution < 1.29 is 28.6 Å². The van der Waals surface area contributed by atoms with Crippen LogP contribution in [0.3, 0.4) is 0 Å². The van der Waals surface area contributed by atoms with Crippen molar-refractivity contribution in [3.8, 4) is 5.75 Å². The topological polar surface area (TPSA) is 85.2 Å². The predicted octanol–water partition coefficient (Wildman–Crippen LogP) is 3.02. The first-order valence-electron chi connectivity index (χ1n) is 7.33. The summed E-state index contributed by atoms with van der Waals surface area (Å²) < 4.78 is 22.9. The molecule has 25 heavy (non-hydrogen) atoms. The number of nitrogens with zero attached hydrogens (tertiary/aromatic N) is 1. The van der Waals surface area contributed by atoms with Gasteiger partial charge in [0.25, 0.3) is 0 Å². The van der Waals surface area contributed by atoms with Gasteiger partial charge in [0.1, 0.15) is 23.9 Å². The Morgan fingerprint density at radius 1 is 1.12 bits per heavy atom. The van der Waals surface area contributed by atoms with E-state index in [1.807, 2.05) is 6.07 Å². The number of hydrogen-bond acceptors (Lipinski definition) is 5. The first kappa shape index (κ1) is 18.1. The monoisotopic (exact) mass is 345 g/mol. The van der Waals surface area contributed by atoms with Gasteiger partial charge in [-0.2, -0.15) is 4.99 Å². The van der Waals surface area contributed by atoms with E-state index in [9.17, 15) is 19.1 Å². The van der Waals surface area contributed by atoms with Gasteiger partial charge in [0.15, 0.2) is 0 Å². The number of esters is 1. The maximum Gasteiger partial charge on any atom is 0.434 e. The minimum atomic E-state index is -0.968. The van der Waals surface area contributed by atoms with Gasteiger partial charge in [-0.25, -0.2) is 14.0 Å². The van der Waals surface area contributed by atoms with Gasteiger partial charge in [-0.05, 0) is 23.3 Å². The molecule has 0 unspecified atom stereocenters. The van der Waals surface area contributed by atoms with Gasteiger partial charge in [-0.15, -0.1) is 0 Å². The fourth-order valence-corrected chi connectivity index (χ4v) is 2.07. The molecule has 2 aromatic rings. The number of benzene rings is 2. The Hall–Kier alpha value is -3.22. The number of carbonyl (C=O) groups excluding carboxylic acids is 2. The third-order valence-electron chi connectivity index (χ3n) is 3.17. The number of amides is 1. The third-order valence-corrected chi connectivity index (χ3v) is 3.17. The van der Waals surface area contributed by atoms with Crippen LogP contribution in [-0.2, 0) is 27.3 Å². The molecular weight excluding hydrogens is 329 g/mol. The van der Waals surface area contributed by atoms with Crippen molar-refractivity contribution in [2.24, 2.45) is 4.99 Å². The summed E-state index contributed by atoms with van der Waals surface area (Å²) in [6.07, 6.45) is -1.16. The Kier molecular flexibility index (Phi) is 6.22. The fourth-order valence-electron chi connectivity index (χ4n) is 2.07. The van der Waals surface area contributed by atoms with E-state index < -0.39 is 17.9 Å². The summed E-state index contributed by atoms with van der Waals surface area (Å²) in [6.45, 7) is -0.00161. The van der Waals surface area contributed by atoms with E-state index in [0.29, 0.717) is 0 Å². The Bertz CT molecular complexity index is 769. The molecule has 1 amide bonds. The third kappa shape index (κ3) is 5.72. The van der Waals surface area contributed by atoms with Crippen LogP contribution in [-0.4, -0.2) is 30.0 Å². The van der Waals surface area contributed by atoms with Crippen LogP contribution in [0, 0.1) is 5.82 Å². The Morgan fingerprint density at radius 3 is 2.48 bits per heavy atom. The maximum absolute atomic E-state index is 13.3. The minimum absolute atomic E-state index is 0.00161. The number of ether oxygens (including phenoxy) is 2. The van der Waals surface area contributed by atoms with Crippen molar-refractivity contribution in [1.29, 1.82) is 0 Å². The standard InChI is InChI=1S/C18H16FNO5/c1-24-17(22)16(9-13-7-14(19)10-15(21)8-13)20-18(23)25-11-12-5-3-2-4-6-12/h2-8,10,21H,9,11H2,1H3. The highest BCUT2D eigenvalue weighted by molar-refractivity contribution is 6.38. The molecule has 0 aliphatic carbocycles. The molecule has 7 heteroatoms. The molecule has 0 atom stereocenters. The Labute approximate surface area is 143 Å². The van der Waals surface area contributed by atoms with Crippen LogP contribution in [0.2, 0.25) is 0 Å². The molecular formula is C18H16FNO5. The molecule has 0 radical (unpaired) electrons. The second kappa shape index (κ2) is 8.58. The van der Waals surface area contributed by atoms with Crippen LogP contribution in [0.4, 0.5) is 9.18 Å². The van der Waals surface area contributed by atoms with Gasteiger partial charge in [-0.3, -0.25) is 0 Å². The molecule has 0 aliphatic heterocycles. The highest BCUT2D eigenvalue weighted by Crippen LogP contribution is 2.16. The summed E-state index contributed by atoms with van der Waals surface area (Å²) in [5.74, 6) is -1.82. The molecule has 2 rings (SSSR count). The maximum atomic E-state index is 13.3. The van der Waals surface area contributed by atoms with Crippen molar-refractivity contribution in [2.45, 2.75) is 13.0 Å². The van der Waals surface area contributed by atoms with Crippen LogP contribution in [0.15, 0.2) is 53.5 Å². The van der Waals surface area contributed by atoms with E-state index in [1.54, 1.807) is 24.3 Å². The van der Waals surface area contributed by atoms with E-state index in [4.69, 9.17) is 4.74 Å². The first-order valence-corrected chi connectivity index (χ1v) is 7.33. The zero-order valence-corrected chi connectivity index (χ0v) is 13.4. The lowest BCUT2D eigenvalue weighted by molar-refractivity contribution is -0.132. The summed E-state index contributed by atoms with van der Waals surface area (Å²) in [4.78, 5) is 27.2. The molecule has 0 saturated carbocycles. The van der Waals surface area contributed by atoms with Crippen molar-refractivity contribution in [2.75, 3.05) is 7.11 Å². The predicted molar refractivity (Wildman–Crippen MR) is 87.8 cm³/mol. The molecule has 0 fully saturated rings. The van der Waals surface area contributed by atoms with Crippen LogP contribution < -0.4 is 0 Å². The number of hydrogen-bond donors (Lipinski definition) is 1. The molecule has 0 saturated heterocycles. The van der Waals surface area contributed by atoms with Gasteiger partial charge < -0.3 is 14.6 Å². The number of phenolic OH excluding ortho intramolecular Hbond substituents is 1. The Balaban J connectivity index is 2.11. The number of carbonyl (C=O) groups is 2. The quantitative estimate of drug-likeness (QED) is 0.665. The average Bonchev–Trinajstić information content (AvgIpc) is 2.58. The van der Waals surface area contributed by atoms with E-state index in [1.165, 1.54) is 6.07 Å². The number of halogens is 1. The van der Waals surface area contributed by atoms with Gasteiger partial charge in [-0.1, -0.05) is 30.3 Å². The number of methoxy groups -OCH3 is 1. The molecule has 2 aromatic carbocycles. The van der Waals surface area contributed by atoms with E-state index in [-0.39, 0.29) is 30.1 Å². The van der Waals surface area contributed by atoms with E-state index in [2.05, 4.69) is 9.73 Å². The largest absolute Gasteiger partial charge is 0.508 e. The number of aromatic hydroxyl groups is 1. The lowest BCUT2D eigenvalue weighted by Gasteiger charge is -2.06. The molecule has 130 valence electrons. The molecule has 0 aromatic heterocycles. The van der Waals surface area contributed by atoms with Crippen LogP contribution >= 0.6 is 0 Å². The van der Waals surface area contributed by atoms with Gasteiger partial charge in [0.2, 0.25) is 0 Å². The normalized spacial score (nSPS) is 11.0. The molecule has 0 spiro atoms. The zero-order chi connectivity index (χ0) is 18.2. The van der Waals surface area contributed by atoms with Crippen LogP contribution in [0.25, 0.3) is 0 Å². The van der Waals surface area contributed by atoms with E-state index in [0.717, 1.165) is 24.8 Å². The van der Waals surface area contributed by atoms with Gasteiger partial charge >= 0.3 is 12.1 Å². The van der Waals surface area contributed by atoms with Gasteiger partial charge in [0, 0.05) is 12.5 Å². The van der Waals surface area contributed by atoms with Crippen LogP contribution in [0.5, 0.6) is 5.75 Å².